The van der Waals surface area contributed by atoms with Gasteiger partial charge in [0.25, 0.3) is 11.9 Å². The van der Waals surface area contributed by atoms with E-state index in [4.69, 9.17) is 16.3 Å². The molecule has 0 saturated carbocycles. The molecule has 1 unspecified atom stereocenters. The van der Waals surface area contributed by atoms with Gasteiger partial charge in [0.1, 0.15) is 6.33 Å². The van der Waals surface area contributed by atoms with E-state index in [1.54, 1.807) is 13.0 Å². The monoisotopic (exact) mass is 452 g/mol. The highest BCUT2D eigenvalue weighted by molar-refractivity contribution is 6.31. The van der Waals surface area contributed by atoms with Gasteiger partial charge in [-0.2, -0.15) is 23.0 Å². The third-order valence-corrected chi connectivity index (χ3v) is 5.05. The first-order valence-electron chi connectivity index (χ1n) is 9.21. The smallest absolute Gasteiger partial charge is 0.377 e. The standard InChI is InChI=1S/C19H16ClF3N6O2/c1-11(16-26-10-27-29(16)18-24-3-2-4-25-18)28(15-8-31-9-15)17(30)12-5-13(19(21,22)23)7-14(20)6-12/h2-7,10-11,15H,8-9H2,1H3. The number of carbonyl (C=O) groups excluding carboxylic acids is 1. The molecule has 0 aliphatic carbocycles. The summed E-state index contributed by atoms with van der Waals surface area (Å²) in [4.78, 5) is 27.3. The minimum atomic E-state index is -4.64. The van der Waals surface area contributed by atoms with Gasteiger partial charge >= 0.3 is 6.18 Å². The number of alkyl halides is 3. The highest BCUT2D eigenvalue weighted by Crippen LogP contribution is 2.34. The Hall–Kier alpha value is -3.05. The summed E-state index contributed by atoms with van der Waals surface area (Å²) in [6.07, 6.45) is -0.276. The minimum absolute atomic E-state index is 0.180. The molecule has 8 nitrogen and oxygen atoms in total. The van der Waals surface area contributed by atoms with E-state index < -0.39 is 23.7 Å². The largest absolute Gasteiger partial charge is 0.416 e. The number of hydrogen-bond acceptors (Lipinski definition) is 6. The average molecular weight is 453 g/mol. The van der Waals surface area contributed by atoms with Crippen molar-refractivity contribution in [2.75, 3.05) is 13.2 Å². The number of rotatable bonds is 5. The molecular weight excluding hydrogens is 437 g/mol. The van der Waals surface area contributed by atoms with Crippen molar-refractivity contribution in [3.05, 3.63) is 65.0 Å². The summed E-state index contributed by atoms with van der Waals surface area (Å²) >= 11 is 5.88. The van der Waals surface area contributed by atoms with Crippen LogP contribution in [0.2, 0.25) is 5.02 Å². The van der Waals surface area contributed by atoms with Crippen molar-refractivity contribution in [1.29, 1.82) is 0 Å². The number of halogens is 4. The number of nitrogens with zero attached hydrogens (tertiary/aromatic N) is 6. The second-order valence-electron chi connectivity index (χ2n) is 6.88. The van der Waals surface area contributed by atoms with Crippen molar-refractivity contribution in [1.82, 2.24) is 29.6 Å². The quantitative estimate of drug-likeness (QED) is 0.590. The van der Waals surface area contributed by atoms with E-state index in [1.165, 1.54) is 34.4 Å². The third kappa shape index (κ3) is 4.23. The summed E-state index contributed by atoms with van der Waals surface area (Å²) in [6, 6.07) is 3.41. The van der Waals surface area contributed by atoms with Crippen LogP contribution in [0.25, 0.3) is 5.95 Å². The second kappa shape index (κ2) is 8.23. The molecule has 1 aliphatic heterocycles. The molecule has 0 bridgehead atoms. The molecule has 0 spiro atoms. The first-order valence-corrected chi connectivity index (χ1v) is 9.59. The number of hydrogen-bond donors (Lipinski definition) is 0. The Morgan fingerprint density at radius 2 is 1.94 bits per heavy atom. The summed E-state index contributed by atoms with van der Waals surface area (Å²) < 4.78 is 46.3. The fourth-order valence-corrected chi connectivity index (χ4v) is 3.52. The van der Waals surface area contributed by atoms with Crippen LogP contribution < -0.4 is 0 Å². The van der Waals surface area contributed by atoms with Crippen LogP contribution in [0.3, 0.4) is 0 Å². The topological polar surface area (TPSA) is 86.0 Å². The van der Waals surface area contributed by atoms with Crippen LogP contribution in [0.4, 0.5) is 13.2 Å². The highest BCUT2D eigenvalue weighted by atomic mass is 35.5. The second-order valence-corrected chi connectivity index (χ2v) is 7.32. The van der Waals surface area contributed by atoms with Gasteiger partial charge in [-0.05, 0) is 31.2 Å². The van der Waals surface area contributed by atoms with Crippen molar-refractivity contribution in [2.45, 2.75) is 25.2 Å². The zero-order valence-electron chi connectivity index (χ0n) is 16.1. The van der Waals surface area contributed by atoms with Crippen LogP contribution >= 0.6 is 11.6 Å². The van der Waals surface area contributed by atoms with Gasteiger partial charge in [0.05, 0.1) is 30.9 Å². The molecule has 31 heavy (non-hydrogen) atoms. The predicted octanol–water partition coefficient (Wildman–Crippen LogP) is 3.33. The van der Waals surface area contributed by atoms with E-state index in [2.05, 4.69) is 20.1 Å². The molecule has 0 N–H and O–H groups in total. The molecule has 4 rings (SSSR count). The Kier molecular flexibility index (Phi) is 5.63. The fraction of sp³-hybridized carbons (Fsp3) is 0.316. The molecule has 12 heteroatoms. The van der Waals surface area contributed by atoms with Crippen molar-refractivity contribution >= 4 is 17.5 Å². The lowest BCUT2D eigenvalue weighted by atomic mass is 10.0. The zero-order valence-corrected chi connectivity index (χ0v) is 16.9. The molecule has 1 fully saturated rings. The molecule has 2 aromatic heterocycles. The van der Waals surface area contributed by atoms with Crippen LogP contribution in [0, 0.1) is 0 Å². The highest BCUT2D eigenvalue weighted by Gasteiger charge is 2.38. The molecule has 3 aromatic rings. The molecule has 1 aliphatic rings. The van der Waals surface area contributed by atoms with Crippen molar-refractivity contribution in [3.8, 4) is 5.95 Å². The Bertz CT molecular complexity index is 1090. The van der Waals surface area contributed by atoms with Crippen LogP contribution in [-0.2, 0) is 10.9 Å². The van der Waals surface area contributed by atoms with Gasteiger partial charge in [-0.15, -0.1) is 0 Å². The maximum absolute atomic E-state index is 13.4. The lowest BCUT2D eigenvalue weighted by Crippen LogP contribution is -2.53. The fourth-order valence-electron chi connectivity index (χ4n) is 3.28. The van der Waals surface area contributed by atoms with Crippen LogP contribution in [0.1, 0.15) is 34.7 Å². The molecule has 1 amide bonds. The summed E-state index contributed by atoms with van der Waals surface area (Å²) in [5, 5.41) is 3.94. The van der Waals surface area contributed by atoms with E-state index in [-0.39, 0.29) is 35.8 Å². The first kappa shape index (κ1) is 21.2. The van der Waals surface area contributed by atoms with Crippen molar-refractivity contribution in [3.63, 3.8) is 0 Å². The molecule has 1 atom stereocenters. The lowest BCUT2D eigenvalue weighted by molar-refractivity contribution is -0.137. The Morgan fingerprint density at radius 3 is 2.55 bits per heavy atom. The molecule has 3 heterocycles. The third-order valence-electron chi connectivity index (χ3n) is 4.83. The normalized spacial score (nSPS) is 15.4. The Balaban J connectivity index is 1.72. The summed E-state index contributed by atoms with van der Waals surface area (Å²) in [5.74, 6) is -0.0249. The zero-order chi connectivity index (χ0) is 22.2. The number of ether oxygens (including phenoxy) is 1. The van der Waals surface area contributed by atoms with Crippen molar-refractivity contribution in [2.24, 2.45) is 0 Å². The van der Waals surface area contributed by atoms with Crippen molar-refractivity contribution < 1.29 is 22.7 Å². The molecule has 0 radical (unpaired) electrons. The van der Waals surface area contributed by atoms with Gasteiger partial charge < -0.3 is 9.64 Å². The number of carbonyl (C=O) groups is 1. The van der Waals surface area contributed by atoms with Crippen LogP contribution in [0.5, 0.6) is 0 Å². The van der Waals surface area contributed by atoms with Gasteiger partial charge in [0, 0.05) is 23.0 Å². The predicted molar refractivity (Wildman–Crippen MR) is 103 cm³/mol. The van der Waals surface area contributed by atoms with Gasteiger partial charge in [-0.1, -0.05) is 11.6 Å². The number of amides is 1. The SMILES string of the molecule is CC(c1ncnn1-c1ncccn1)N(C(=O)c1cc(Cl)cc(C(F)(F)F)c1)C1COC1. The van der Waals surface area contributed by atoms with E-state index >= 15 is 0 Å². The van der Waals surface area contributed by atoms with E-state index in [9.17, 15) is 18.0 Å². The number of benzene rings is 1. The summed E-state index contributed by atoms with van der Waals surface area (Å²) in [7, 11) is 0. The molecule has 1 saturated heterocycles. The van der Waals surface area contributed by atoms with E-state index in [0.29, 0.717) is 5.82 Å². The summed E-state index contributed by atoms with van der Waals surface area (Å²) in [5.41, 5.74) is -1.18. The Labute approximate surface area is 179 Å². The maximum Gasteiger partial charge on any atom is 0.416 e. The van der Waals surface area contributed by atoms with Gasteiger partial charge in [0.2, 0.25) is 0 Å². The van der Waals surface area contributed by atoms with Gasteiger partial charge in [-0.3, -0.25) is 4.79 Å². The van der Waals surface area contributed by atoms with Gasteiger partial charge in [-0.25, -0.2) is 15.0 Å². The number of aromatic nitrogens is 5. The molecular formula is C19H16ClF3N6O2. The molecule has 162 valence electrons. The first-order chi connectivity index (χ1) is 14.8. The van der Waals surface area contributed by atoms with E-state index in [1.807, 2.05) is 0 Å². The van der Waals surface area contributed by atoms with Crippen LogP contribution in [0.15, 0.2) is 43.0 Å². The van der Waals surface area contributed by atoms with Crippen LogP contribution in [-0.4, -0.2) is 54.8 Å². The summed E-state index contributed by atoms with van der Waals surface area (Å²) in [6.45, 7) is 2.20. The Morgan fingerprint density at radius 1 is 1.23 bits per heavy atom. The average Bonchev–Trinajstić information content (AvgIpc) is 3.19. The van der Waals surface area contributed by atoms with E-state index in [0.717, 1.165) is 12.1 Å². The maximum atomic E-state index is 13.4. The minimum Gasteiger partial charge on any atom is -0.377 e. The molecule has 1 aromatic carbocycles. The van der Waals surface area contributed by atoms with Gasteiger partial charge in [0.15, 0.2) is 5.82 Å². The lowest BCUT2D eigenvalue weighted by Gasteiger charge is -2.40.